The minimum atomic E-state index is -0.498. The van der Waals surface area contributed by atoms with E-state index < -0.39 is 6.23 Å². The van der Waals surface area contributed by atoms with Crippen molar-refractivity contribution >= 4 is 12.0 Å². The number of aliphatic hydroxyl groups is 1. The van der Waals surface area contributed by atoms with Gasteiger partial charge in [0, 0.05) is 37.2 Å². The van der Waals surface area contributed by atoms with Gasteiger partial charge in [-0.3, -0.25) is 9.69 Å². The fraction of sp³-hybridized carbons (Fsp3) is 0.444. The fourth-order valence-corrected chi connectivity index (χ4v) is 4.60. The summed E-state index contributed by atoms with van der Waals surface area (Å²) >= 11 is 0. The quantitative estimate of drug-likeness (QED) is 0.642. The molecule has 2 aliphatic rings. The van der Waals surface area contributed by atoms with Crippen molar-refractivity contribution in [2.45, 2.75) is 51.7 Å². The van der Waals surface area contributed by atoms with Crippen LogP contribution in [0, 0.1) is 13.8 Å². The number of hydrogen-bond donors (Lipinski definition) is 2. The highest BCUT2D eigenvalue weighted by molar-refractivity contribution is 6.00. The summed E-state index contributed by atoms with van der Waals surface area (Å²) in [6.07, 6.45) is 4.84. The Bertz CT molecular complexity index is 977. The Morgan fingerprint density at radius 2 is 1.94 bits per heavy atom. The summed E-state index contributed by atoms with van der Waals surface area (Å²) < 4.78 is 6.00. The summed E-state index contributed by atoms with van der Waals surface area (Å²) in [5.41, 5.74) is 5.81. The predicted molar refractivity (Wildman–Crippen MR) is 128 cm³/mol. The Morgan fingerprint density at radius 1 is 1.16 bits per heavy atom. The van der Waals surface area contributed by atoms with Gasteiger partial charge in [-0.15, -0.1) is 0 Å². The second-order valence-corrected chi connectivity index (χ2v) is 8.98. The molecule has 5 heteroatoms. The number of nitrogens with zero attached hydrogens (tertiary/aromatic N) is 1. The topological polar surface area (TPSA) is 61.8 Å². The molecule has 5 nitrogen and oxygen atoms in total. The standard InChI is InChI=1S/C27H34N2O3/c1-19-7-8-22(17-20(19)2)21-10-14-29(15-11-21)26(30)12-16-32-25-6-4-3-5-23(25)18-24-9-13-28-27(24)31/h3-8,17-18,21,26,30H,9-16H2,1-2H3,(H,28,31)/t26-/m0/s1. The maximum Gasteiger partial charge on any atom is 0.247 e. The zero-order valence-corrected chi connectivity index (χ0v) is 19.1. The third-order valence-electron chi connectivity index (χ3n) is 6.81. The predicted octanol–water partition coefficient (Wildman–Crippen LogP) is 4.17. The Kier molecular flexibility index (Phi) is 7.28. The molecule has 0 aromatic heterocycles. The maximum absolute atomic E-state index is 11.9. The number of piperidine rings is 1. The lowest BCUT2D eigenvalue weighted by Gasteiger charge is -2.35. The van der Waals surface area contributed by atoms with Crippen molar-refractivity contribution < 1.29 is 14.6 Å². The van der Waals surface area contributed by atoms with Crippen molar-refractivity contribution in [2.75, 3.05) is 26.2 Å². The van der Waals surface area contributed by atoms with E-state index in [-0.39, 0.29) is 5.91 Å². The van der Waals surface area contributed by atoms with Gasteiger partial charge in [0.05, 0.1) is 6.61 Å². The van der Waals surface area contributed by atoms with E-state index in [2.05, 4.69) is 42.3 Å². The highest BCUT2D eigenvalue weighted by Crippen LogP contribution is 2.30. The lowest BCUT2D eigenvalue weighted by molar-refractivity contribution is -0.116. The minimum absolute atomic E-state index is 0.000532. The number of carbonyl (C=O) groups excluding carboxylic acids is 1. The molecule has 2 aliphatic heterocycles. The van der Waals surface area contributed by atoms with Crippen LogP contribution in [-0.4, -0.2) is 48.4 Å². The van der Waals surface area contributed by atoms with Gasteiger partial charge in [-0.1, -0.05) is 36.4 Å². The average molecular weight is 435 g/mol. The number of ether oxygens (including phenoxy) is 1. The lowest BCUT2D eigenvalue weighted by atomic mass is 9.88. The van der Waals surface area contributed by atoms with Crippen molar-refractivity contribution in [2.24, 2.45) is 0 Å². The molecule has 0 spiro atoms. The van der Waals surface area contributed by atoms with Crippen LogP contribution in [0.5, 0.6) is 5.75 Å². The number of rotatable bonds is 7. The lowest BCUT2D eigenvalue weighted by Crippen LogP contribution is -2.41. The van der Waals surface area contributed by atoms with Crippen LogP contribution in [0.1, 0.15) is 53.9 Å². The van der Waals surface area contributed by atoms with Crippen LogP contribution in [-0.2, 0) is 4.79 Å². The molecule has 0 aliphatic carbocycles. The summed E-state index contributed by atoms with van der Waals surface area (Å²) in [6.45, 7) is 7.26. The number of para-hydroxylation sites is 1. The molecule has 170 valence electrons. The number of aryl methyl sites for hydroxylation is 2. The number of aliphatic hydroxyl groups excluding tert-OH is 1. The van der Waals surface area contributed by atoms with Gasteiger partial charge in [-0.25, -0.2) is 0 Å². The Hall–Kier alpha value is -2.63. The van der Waals surface area contributed by atoms with E-state index >= 15 is 0 Å². The Morgan fingerprint density at radius 3 is 2.66 bits per heavy atom. The molecule has 0 radical (unpaired) electrons. The molecule has 1 amide bonds. The first-order chi connectivity index (χ1) is 15.5. The molecular formula is C27H34N2O3. The van der Waals surface area contributed by atoms with Crippen LogP contribution in [0.3, 0.4) is 0 Å². The van der Waals surface area contributed by atoms with Gasteiger partial charge in [-0.05, 0) is 67.9 Å². The first kappa shape index (κ1) is 22.6. The van der Waals surface area contributed by atoms with E-state index in [0.29, 0.717) is 25.5 Å². The van der Waals surface area contributed by atoms with Crippen LogP contribution in [0.2, 0.25) is 0 Å². The second kappa shape index (κ2) is 10.3. The number of benzene rings is 2. The van der Waals surface area contributed by atoms with Crippen LogP contribution in [0.25, 0.3) is 6.08 Å². The van der Waals surface area contributed by atoms with Crippen molar-refractivity contribution in [3.05, 3.63) is 70.3 Å². The SMILES string of the molecule is Cc1ccc(C2CCN([C@@H](O)CCOc3ccccc3C=C3CCNC3=O)CC2)cc1C. The molecule has 0 saturated carbocycles. The normalized spacial score (nSPS) is 19.8. The number of amides is 1. The largest absolute Gasteiger partial charge is 0.493 e. The van der Waals surface area contributed by atoms with E-state index in [4.69, 9.17) is 4.74 Å². The molecule has 0 bridgehead atoms. The van der Waals surface area contributed by atoms with E-state index in [9.17, 15) is 9.90 Å². The maximum atomic E-state index is 11.9. The van der Waals surface area contributed by atoms with Gasteiger partial charge < -0.3 is 15.2 Å². The summed E-state index contributed by atoms with van der Waals surface area (Å²) in [4.78, 5) is 14.0. The molecule has 32 heavy (non-hydrogen) atoms. The molecule has 0 unspecified atom stereocenters. The molecule has 2 fully saturated rings. The third kappa shape index (κ3) is 5.40. The summed E-state index contributed by atoms with van der Waals surface area (Å²) in [7, 11) is 0. The molecule has 2 N–H and O–H groups in total. The molecule has 2 heterocycles. The van der Waals surface area contributed by atoms with E-state index in [1.54, 1.807) is 0 Å². The van der Waals surface area contributed by atoms with E-state index in [1.807, 2.05) is 30.3 Å². The highest BCUT2D eigenvalue weighted by Gasteiger charge is 2.25. The summed E-state index contributed by atoms with van der Waals surface area (Å²) in [6, 6.07) is 14.6. The van der Waals surface area contributed by atoms with Gasteiger partial charge in [0.2, 0.25) is 5.91 Å². The first-order valence-corrected chi connectivity index (χ1v) is 11.7. The van der Waals surface area contributed by atoms with Gasteiger partial charge in [0.15, 0.2) is 0 Å². The zero-order chi connectivity index (χ0) is 22.5. The number of likely N-dealkylation sites (tertiary alicyclic amines) is 1. The van der Waals surface area contributed by atoms with Gasteiger partial charge >= 0.3 is 0 Å². The molecular weight excluding hydrogens is 400 g/mol. The Balaban J connectivity index is 1.27. The Labute approximate surface area is 191 Å². The smallest absolute Gasteiger partial charge is 0.247 e. The van der Waals surface area contributed by atoms with Gasteiger partial charge in [0.1, 0.15) is 12.0 Å². The van der Waals surface area contributed by atoms with E-state index in [1.165, 1.54) is 16.7 Å². The fourth-order valence-electron chi connectivity index (χ4n) is 4.60. The van der Waals surface area contributed by atoms with Crippen LogP contribution in [0.4, 0.5) is 0 Å². The van der Waals surface area contributed by atoms with Crippen molar-refractivity contribution in [1.29, 1.82) is 0 Å². The van der Waals surface area contributed by atoms with Gasteiger partial charge in [0.25, 0.3) is 0 Å². The highest BCUT2D eigenvalue weighted by atomic mass is 16.5. The number of carbonyl (C=O) groups is 1. The van der Waals surface area contributed by atoms with Crippen LogP contribution < -0.4 is 10.1 Å². The summed E-state index contributed by atoms with van der Waals surface area (Å²) in [5, 5.41) is 13.5. The zero-order valence-electron chi connectivity index (χ0n) is 19.1. The first-order valence-electron chi connectivity index (χ1n) is 11.7. The van der Waals surface area contributed by atoms with E-state index in [0.717, 1.165) is 49.2 Å². The monoisotopic (exact) mass is 434 g/mol. The van der Waals surface area contributed by atoms with Crippen molar-refractivity contribution in [1.82, 2.24) is 10.2 Å². The van der Waals surface area contributed by atoms with Crippen LogP contribution in [0.15, 0.2) is 48.0 Å². The molecule has 4 rings (SSSR count). The molecule has 1 atom stereocenters. The molecule has 2 aromatic rings. The minimum Gasteiger partial charge on any atom is -0.493 e. The second-order valence-electron chi connectivity index (χ2n) is 8.98. The summed E-state index contributed by atoms with van der Waals surface area (Å²) in [5.74, 6) is 1.32. The average Bonchev–Trinajstić information content (AvgIpc) is 3.21. The van der Waals surface area contributed by atoms with Crippen molar-refractivity contribution in [3.8, 4) is 5.75 Å². The van der Waals surface area contributed by atoms with Gasteiger partial charge in [-0.2, -0.15) is 0 Å². The molecule has 2 aromatic carbocycles. The van der Waals surface area contributed by atoms with Crippen molar-refractivity contribution in [3.63, 3.8) is 0 Å². The third-order valence-corrected chi connectivity index (χ3v) is 6.81. The molecule has 2 saturated heterocycles. The number of hydrogen-bond acceptors (Lipinski definition) is 4. The van der Waals surface area contributed by atoms with Crippen LogP contribution >= 0.6 is 0 Å². The number of nitrogens with one attached hydrogen (secondary N) is 1.